The molecule has 2 nitrogen and oxygen atoms in total. The van der Waals surface area contributed by atoms with E-state index in [4.69, 9.17) is 5.73 Å². The predicted octanol–water partition coefficient (Wildman–Crippen LogP) is 3.82. The lowest BCUT2D eigenvalue weighted by atomic mass is 10.1. The number of nitrogens with zero attached hydrogens (tertiary/aromatic N) is 1. The molecule has 2 aromatic carbocycles. The Labute approximate surface area is 122 Å². The number of hydrogen-bond acceptors (Lipinski definition) is 2. The first-order valence-electron chi connectivity index (χ1n) is 5.88. The first kappa shape index (κ1) is 13.2. The van der Waals surface area contributed by atoms with Gasteiger partial charge in [0.25, 0.3) is 0 Å². The summed E-state index contributed by atoms with van der Waals surface area (Å²) in [5.74, 6) is 0. The number of nitrogens with two attached hydrogens (primary N) is 1. The third kappa shape index (κ3) is 2.96. The Morgan fingerprint density at radius 2 is 1.89 bits per heavy atom. The van der Waals surface area contributed by atoms with Crippen molar-refractivity contribution in [3.8, 4) is 0 Å². The molecule has 0 aliphatic heterocycles. The first-order chi connectivity index (χ1) is 8.58. The van der Waals surface area contributed by atoms with Gasteiger partial charge in [-0.3, -0.25) is 0 Å². The van der Waals surface area contributed by atoms with Crippen LogP contribution < -0.4 is 10.6 Å². The van der Waals surface area contributed by atoms with Gasteiger partial charge in [0.05, 0.1) is 11.4 Å². The molecule has 2 rings (SSSR count). The van der Waals surface area contributed by atoms with Crippen molar-refractivity contribution in [2.45, 2.75) is 13.5 Å². The van der Waals surface area contributed by atoms with Crippen molar-refractivity contribution in [2.75, 3.05) is 17.7 Å². The maximum atomic E-state index is 6.07. The second-order valence-corrected chi connectivity index (χ2v) is 5.73. The van der Waals surface area contributed by atoms with Crippen LogP contribution in [0.5, 0.6) is 0 Å². The molecule has 0 fully saturated rings. The largest absolute Gasteiger partial charge is 0.397 e. The minimum atomic E-state index is 0.831. The van der Waals surface area contributed by atoms with Gasteiger partial charge in [0.1, 0.15) is 0 Å². The van der Waals surface area contributed by atoms with Crippen molar-refractivity contribution in [1.82, 2.24) is 0 Å². The van der Waals surface area contributed by atoms with Gasteiger partial charge in [0, 0.05) is 17.2 Å². The molecule has 0 saturated carbocycles. The van der Waals surface area contributed by atoms with E-state index in [1.807, 2.05) is 6.07 Å². The topological polar surface area (TPSA) is 29.3 Å². The zero-order valence-electron chi connectivity index (χ0n) is 10.7. The molecule has 2 N–H and O–H groups in total. The molecule has 0 radical (unpaired) electrons. The van der Waals surface area contributed by atoms with Crippen LogP contribution in [0.3, 0.4) is 0 Å². The summed E-state index contributed by atoms with van der Waals surface area (Å²) in [4.78, 5) is 2.19. The van der Waals surface area contributed by atoms with Gasteiger partial charge in [-0.1, -0.05) is 24.3 Å². The maximum Gasteiger partial charge on any atom is 0.0601 e. The SMILES string of the molecule is Cc1ccccc1CN(C)c1ccc(I)cc1N. The van der Waals surface area contributed by atoms with Crippen LogP contribution >= 0.6 is 22.6 Å². The lowest BCUT2D eigenvalue weighted by Gasteiger charge is -2.22. The molecule has 0 saturated heterocycles. The summed E-state index contributed by atoms with van der Waals surface area (Å²) in [7, 11) is 2.07. The third-order valence-corrected chi connectivity index (χ3v) is 3.74. The number of rotatable bonds is 3. The second kappa shape index (κ2) is 5.61. The van der Waals surface area contributed by atoms with Gasteiger partial charge in [0.15, 0.2) is 0 Å². The van der Waals surface area contributed by atoms with Crippen molar-refractivity contribution in [3.05, 3.63) is 57.2 Å². The van der Waals surface area contributed by atoms with Crippen LogP contribution in [-0.2, 0) is 6.54 Å². The zero-order valence-corrected chi connectivity index (χ0v) is 12.8. The fourth-order valence-corrected chi connectivity index (χ4v) is 2.52. The molecular formula is C15H17IN2. The van der Waals surface area contributed by atoms with Crippen molar-refractivity contribution >= 4 is 34.0 Å². The number of halogens is 1. The van der Waals surface area contributed by atoms with Crippen LogP contribution in [0.2, 0.25) is 0 Å². The summed E-state index contributed by atoms with van der Waals surface area (Å²) in [6.07, 6.45) is 0. The molecule has 0 atom stereocenters. The lowest BCUT2D eigenvalue weighted by Crippen LogP contribution is -2.18. The lowest BCUT2D eigenvalue weighted by molar-refractivity contribution is 0.916. The molecule has 0 amide bonds. The molecule has 0 heterocycles. The minimum Gasteiger partial charge on any atom is -0.397 e. The Morgan fingerprint density at radius 1 is 1.17 bits per heavy atom. The van der Waals surface area contributed by atoms with Crippen LogP contribution in [0.25, 0.3) is 0 Å². The molecule has 94 valence electrons. The summed E-state index contributed by atoms with van der Waals surface area (Å²) in [6, 6.07) is 14.6. The quantitative estimate of drug-likeness (QED) is 0.672. The monoisotopic (exact) mass is 352 g/mol. The fraction of sp³-hybridized carbons (Fsp3) is 0.200. The Bertz CT molecular complexity index is 552. The van der Waals surface area contributed by atoms with Crippen molar-refractivity contribution in [2.24, 2.45) is 0 Å². The van der Waals surface area contributed by atoms with E-state index in [0.29, 0.717) is 0 Å². The van der Waals surface area contributed by atoms with E-state index in [1.54, 1.807) is 0 Å². The van der Waals surface area contributed by atoms with Gasteiger partial charge in [-0.2, -0.15) is 0 Å². The molecule has 0 bridgehead atoms. The highest BCUT2D eigenvalue weighted by Gasteiger charge is 2.07. The van der Waals surface area contributed by atoms with Gasteiger partial charge in [-0.25, -0.2) is 0 Å². The Hall–Kier alpha value is -1.23. The number of hydrogen-bond donors (Lipinski definition) is 1. The summed E-state index contributed by atoms with van der Waals surface area (Å²) >= 11 is 2.28. The molecule has 3 heteroatoms. The fourth-order valence-electron chi connectivity index (χ4n) is 2.00. The van der Waals surface area contributed by atoms with E-state index in [-0.39, 0.29) is 0 Å². The smallest absolute Gasteiger partial charge is 0.0601 e. The highest BCUT2D eigenvalue weighted by atomic mass is 127. The van der Waals surface area contributed by atoms with Gasteiger partial charge in [-0.05, 0) is 58.8 Å². The van der Waals surface area contributed by atoms with E-state index in [0.717, 1.165) is 21.5 Å². The predicted molar refractivity (Wildman–Crippen MR) is 86.9 cm³/mol. The van der Waals surface area contributed by atoms with Crippen LogP contribution in [-0.4, -0.2) is 7.05 Å². The average Bonchev–Trinajstić information content (AvgIpc) is 2.32. The first-order valence-corrected chi connectivity index (χ1v) is 6.96. The molecule has 0 aliphatic rings. The second-order valence-electron chi connectivity index (χ2n) is 4.49. The van der Waals surface area contributed by atoms with Crippen LogP contribution in [0, 0.1) is 10.5 Å². The third-order valence-electron chi connectivity index (χ3n) is 3.07. The summed E-state index contributed by atoms with van der Waals surface area (Å²) in [5.41, 5.74) is 10.6. The van der Waals surface area contributed by atoms with E-state index >= 15 is 0 Å². The molecule has 0 unspecified atom stereocenters. The highest BCUT2D eigenvalue weighted by Crippen LogP contribution is 2.25. The summed E-state index contributed by atoms with van der Waals surface area (Å²) in [6.45, 7) is 3.01. The van der Waals surface area contributed by atoms with Gasteiger partial charge >= 0.3 is 0 Å². The van der Waals surface area contributed by atoms with Crippen molar-refractivity contribution in [3.63, 3.8) is 0 Å². The minimum absolute atomic E-state index is 0.831. The normalized spacial score (nSPS) is 10.4. The average molecular weight is 352 g/mol. The Kier molecular flexibility index (Phi) is 4.11. The number of aryl methyl sites for hydroxylation is 1. The van der Waals surface area contributed by atoms with E-state index in [2.05, 4.69) is 77.9 Å². The van der Waals surface area contributed by atoms with Crippen molar-refractivity contribution in [1.29, 1.82) is 0 Å². The van der Waals surface area contributed by atoms with Crippen LogP contribution in [0.1, 0.15) is 11.1 Å². The van der Waals surface area contributed by atoms with E-state index in [9.17, 15) is 0 Å². The van der Waals surface area contributed by atoms with E-state index in [1.165, 1.54) is 11.1 Å². The van der Waals surface area contributed by atoms with Crippen LogP contribution in [0.15, 0.2) is 42.5 Å². The molecule has 0 spiro atoms. The standard InChI is InChI=1S/C15H17IN2/c1-11-5-3-4-6-12(11)10-18(2)15-8-7-13(16)9-14(15)17/h3-9H,10,17H2,1-2H3. The number of nitrogen functional groups attached to an aromatic ring is 1. The zero-order chi connectivity index (χ0) is 13.1. The van der Waals surface area contributed by atoms with Gasteiger partial charge < -0.3 is 10.6 Å². The highest BCUT2D eigenvalue weighted by molar-refractivity contribution is 14.1. The van der Waals surface area contributed by atoms with E-state index < -0.39 is 0 Å². The number of anilines is 2. The summed E-state index contributed by atoms with van der Waals surface area (Å²) < 4.78 is 1.16. The van der Waals surface area contributed by atoms with Gasteiger partial charge in [0.2, 0.25) is 0 Å². The Balaban J connectivity index is 2.22. The molecule has 2 aromatic rings. The Morgan fingerprint density at radius 3 is 2.56 bits per heavy atom. The van der Waals surface area contributed by atoms with Crippen molar-refractivity contribution < 1.29 is 0 Å². The molecule has 18 heavy (non-hydrogen) atoms. The maximum absolute atomic E-state index is 6.07. The van der Waals surface area contributed by atoms with Gasteiger partial charge in [-0.15, -0.1) is 0 Å². The number of benzene rings is 2. The molecule has 0 aromatic heterocycles. The molecular weight excluding hydrogens is 335 g/mol. The summed E-state index contributed by atoms with van der Waals surface area (Å²) in [5, 5.41) is 0. The van der Waals surface area contributed by atoms with Crippen LogP contribution in [0.4, 0.5) is 11.4 Å². The molecule has 0 aliphatic carbocycles.